The maximum Gasteiger partial charge on any atom is 0.248 e. The van der Waals surface area contributed by atoms with Gasteiger partial charge >= 0.3 is 0 Å². The Bertz CT molecular complexity index is 899. The van der Waals surface area contributed by atoms with E-state index in [1.165, 1.54) is 18.2 Å². The highest BCUT2D eigenvalue weighted by Gasteiger charge is 2.12. The summed E-state index contributed by atoms with van der Waals surface area (Å²) in [5.74, 6) is -0.737. The second-order valence-corrected chi connectivity index (χ2v) is 5.61. The average Bonchev–Trinajstić information content (AvgIpc) is 2.99. The first-order valence-electron chi connectivity index (χ1n) is 6.80. The monoisotopic (exact) mass is 365 g/mol. The van der Waals surface area contributed by atoms with Gasteiger partial charge in [-0.2, -0.15) is 4.80 Å². The minimum atomic E-state index is -0.461. The van der Waals surface area contributed by atoms with Gasteiger partial charge in [0.15, 0.2) is 0 Å². The molecule has 0 aliphatic rings. The van der Waals surface area contributed by atoms with Crippen molar-refractivity contribution in [3.8, 4) is 11.4 Å². The molecule has 1 aromatic heterocycles. The van der Waals surface area contributed by atoms with Gasteiger partial charge in [0.1, 0.15) is 12.4 Å². The van der Waals surface area contributed by atoms with Crippen molar-refractivity contribution in [3.63, 3.8) is 0 Å². The molecule has 122 valence electrons. The lowest BCUT2D eigenvalue weighted by Gasteiger charge is -2.05. The fraction of sp³-hybridized carbons (Fsp3) is 0.0667. The first-order chi connectivity index (χ1) is 11.5. The van der Waals surface area contributed by atoms with Gasteiger partial charge in [-0.1, -0.05) is 35.3 Å². The smallest absolute Gasteiger partial charge is 0.248 e. The lowest BCUT2D eigenvalue weighted by atomic mass is 10.2. The number of nitrogens with zero attached hydrogens (tertiary/aromatic N) is 4. The first-order valence-corrected chi connectivity index (χ1v) is 7.56. The maximum absolute atomic E-state index is 13.7. The molecule has 1 N–H and O–H groups in total. The number of aromatic nitrogens is 4. The highest BCUT2D eigenvalue weighted by molar-refractivity contribution is 6.42. The molecular formula is C15H10Cl2FN5O. The van der Waals surface area contributed by atoms with E-state index >= 15 is 0 Å². The number of rotatable bonds is 4. The quantitative estimate of drug-likeness (QED) is 0.768. The van der Waals surface area contributed by atoms with Crippen LogP contribution in [0.3, 0.4) is 0 Å². The third-order valence-electron chi connectivity index (χ3n) is 3.06. The van der Waals surface area contributed by atoms with Gasteiger partial charge in [-0.05, 0) is 35.5 Å². The molecule has 0 saturated heterocycles. The topological polar surface area (TPSA) is 72.7 Å². The number of carbonyl (C=O) groups excluding carboxylic acids is 1. The number of nitrogens with one attached hydrogen (secondary N) is 1. The van der Waals surface area contributed by atoms with Crippen LogP contribution < -0.4 is 5.32 Å². The molecule has 24 heavy (non-hydrogen) atoms. The molecule has 0 aliphatic carbocycles. The Hall–Kier alpha value is -2.51. The van der Waals surface area contributed by atoms with Gasteiger partial charge in [-0.25, -0.2) is 4.39 Å². The second kappa shape index (κ2) is 6.94. The average molecular weight is 366 g/mol. The number of carbonyl (C=O) groups is 1. The predicted molar refractivity (Wildman–Crippen MR) is 88.3 cm³/mol. The van der Waals surface area contributed by atoms with Crippen LogP contribution in [0, 0.1) is 5.82 Å². The van der Waals surface area contributed by atoms with E-state index in [1.807, 2.05) is 0 Å². The molecule has 3 aromatic rings. The van der Waals surface area contributed by atoms with Gasteiger partial charge in [0.2, 0.25) is 11.7 Å². The SMILES string of the molecule is O=C(Cn1nnc(-c2ccccc2F)n1)Nc1ccc(Cl)c(Cl)c1. The van der Waals surface area contributed by atoms with Crippen LogP contribution in [0.25, 0.3) is 11.4 Å². The fourth-order valence-electron chi connectivity index (χ4n) is 1.96. The fourth-order valence-corrected chi connectivity index (χ4v) is 2.26. The summed E-state index contributed by atoms with van der Waals surface area (Å²) in [7, 11) is 0. The number of hydrogen-bond donors (Lipinski definition) is 1. The molecule has 6 nitrogen and oxygen atoms in total. The van der Waals surface area contributed by atoms with Crippen LogP contribution >= 0.6 is 23.2 Å². The van der Waals surface area contributed by atoms with E-state index in [0.29, 0.717) is 15.7 Å². The summed E-state index contributed by atoms with van der Waals surface area (Å²) < 4.78 is 13.7. The summed E-state index contributed by atoms with van der Waals surface area (Å²) in [6.45, 7) is -0.179. The van der Waals surface area contributed by atoms with Gasteiger partial charge < -0.3 is 5.32 Å². The first kappa shape index (κ1) is 16.4. The number of halogens is 3. The molecule has 9 heteroatoms. The van der Waals surface area contributed by atoms with Crippen molar-refractivity contribution in [2.24, 2.45) is 0 Å². The summed E-state index contributed by atoms with van der Waals surface area (Å²) in [5, 5.41) is 14.9. The van der Waals surface area contributed by atoms with Crippen LogP contribution in [-0.2, 0) is 11.3 Å². The lowest BCUT2D eigenvalue weighted by Crippen LogP contribution is -2.20. The van der Waals surface area contributed by atoms with Crippen molar-refractivity contribution in [1.82, 2.24) is 20.2 Å². The Labute approximate surface area is 146 Å². The van der Waals surface area contributed by atoms with Crippen LogP contribution in [0.5, 0.6) is 0 Å². The van der Waals surface area contributed by atoms with Crippen molar-refractivity contribution in [3.05, 3.63) is 58.3 Å². The van der Waals surface area contributed by atoms with E-state index in [0.717, 1.165) is 4.80 Å². The van der Waals surface area contributed by atoms with Gasteiger partial charge in [-0.3, -0.25) is 4.79 Å². The van der Waals surface area contributed by atoms with E-state index in [-0.39, 0.29) is 23.8 Å². The Kier molecular flexibility index (Phi) is 4.73. The third-order valence-corrected chi connectivity index (χ3v) is 3.80. The van der Waals surface area contributed by atoms with Crippen LogP contribution in [-0.4, -0.2) is 26.1 Å². The summed E-state index contributed by atoms with van der Waals surface area (Å²) in [6, 6.07) is 10.8. The van der Waals surface area contributed by atoms with Crippen LogP contribution in [0.2, 0.25) is 10.0 Å². The molecule has 0 radical (unpaired) electrons. The minimum absolute atomic E-state index is 0.107. The Morgan fingerprint density at radius 2 is 1.96 bits per heavy atom. The van der Waals surface area contributed by atoms with Crippen molar-refractivity contribution in [1.29, 1.82) is 0 Å². The molecular weight excluding hydrogens is 356 g/mol. The highest BCUT2D eigenvalue weighted by atomic mass is 35.5. The zero-order valence-corrected chi connectivity index (χ0v) is 13.6. The van der Waals surface area contributed by atoms with Gasteiger partial charge in [0, 0.05) is 5.69 Å². The maximum atomic E-state index is 13.7. The van der Waals surface area contributed by atoms with Crippen LogP contribution in [0.4, 0.5) is 10.1 Å². The molecule has 2 aromatic carbocycles. The molecule has 0 atom stereocenters. The number of benzene rings is 2. The standard InChI is InChI=1S/C15H10Cl2FN5O/c16-11-6-5-9(7-12(11)17)19-14(24)8-23-21-15(20-22-23)10-3-1-2-4-13(10)18/h1-7H,8H2,(H,19,24). The van der Waals surface area contributed by atoms with E-state index in [9.17, 15) is 9.18 Å². The molecule has 3 rings (SSSR count). The number of anilines is 1. The molecule has 0 aliphatic heterocycles. The predicted octanol–water partition coefficient (Wildman–Crippen LogP) is 3.42. The van der Waals surface area contributed by atoms with Crippen LogP contribution in [0.1, 0.15) is 0 Å². The van der Waals surface area contributed by atoms with E-state index in [1.54, 1.807) is 24.3 Å². The second-order valence-electron chi connectivity index (χ2n) is 4.80. The van der Waals surface area contributed by atoms with Crippen molar-refractivity contribution in [2.75, 3.05) is 5.32 Å². The lowest BCUT2D eigenvalue weighted by molar-refractivity contribution is -0.117. The third kappa shape index (κ3) is 3.69. The molecule has 0 saturated carbocycles. The largest absolute Gasteiger partial charge is 0.324 e. The number of hydrogen-bond acceptors (Lipinski definition) is 4. The molecule has 0 fully saturated rings. The molecule has 0 bridgehead atoms. The van der Waals surface area contributed by atoms with E-state index < -0.39 is 5.82 Å². The normalized spacial score (nSPS) is 10.6. The summed E-state index contributed by atoms with van der Waals surface area (Å²) in [4.78, 5) is 13.1. The molecule has 1 amide bonds. The summed E-state index contributed by atoms with van der Waals surface area (Å²) in [5.41, 5.74) is 0.706. The van der Waals surface area contributed by atoms with Gasteiger partial charge in [-0.15, -0.1) is 10.2 Å². The van der Waals surface area contributed by atoms with Gasteiger partial charge in [0.25, 0.3) is 0 Å². The van der Waals surface area contributed by atoms with Crippen molar-refractivity contribution in [2.45, 2.75) is 6.54 Å². The minimum Gasteiger partial charge on any atom is -0.324 e. The van der Waals surface area contributed by atoms with Crippen molar-refractivity contribution < 1.29 is 9.18 Å². The highest BCUT2D eigenvalue weighted by Crippen LogP contribution is 2.25. The zero-order chi connectivity index (χ0) is 17.1. The van der Waals surface area contributed by atoms with E-state index in [4.69, 9.17) is 23.2 Å². The van der Waals surface area contributed by atoms with Crippen molar-refractivity contribution >= 4 is 34.8 Å². The van der Waals surface area contributed by atoms with E-state index in [2.05, 4.69) is 20.7 Å². The molecule has 1 heterocycles. The summed E-state index contributed by atoms with van der Waals surface area (Å²) >= 11 is 11.7. The Morgan fingerprint density at radius 1 is 1.17 bits per heavy atom. The zero-order valence-electron chi connectivity index (χ0n) is 12.1. The van der Waals surface area contributed by atoms with Gasteiger partial charge in [0.05, 0.1) is 15.6 Å². The Balaban J connectivity index is 1.69. The van der Waals surface area contributed by atoms with Crippen LogP contribution in [0.15, 0.2) is 42.5 Å². The number of amides is 1. The Morgan fingerprint density at radius 3 is 2.71 bits per heavy atom. The number of tetrazole rings is 1. The summed E-state index contributed by atoms with van der Waals surface area (Å²) in [6.07, 6.45) is 0. The molecule has 0 spiro atoms. The molecule has 0 unspecified atom stereocenters.